The lowest BCUT2D eigenvalue weighted by Gasteiger charge is -2.07. The van der Waals surface area contributed by atoms with Crippen molar-refractivity contribution in [2.45, 2.75) is 20.0 Å². The molecule has 2 aromatic rings. The number of anilines is 1. The van der Waals surface area contributed by atoms with E-state index in [1.54, 1.807) is 0 Å². The van der Waals surface area contributed by atoms with E-state index in [-0.39, 0.29) is 6.61 Å². The molecular formula is C16H17NO2. The third kappa shape index (κ3) is 4.14. The van der Waals surface area contributed by atoms with Crippen molar-refractivity contribution in [2.24, 2.45) is 0 Å². The van der Waals surface area contributed by atoms with E-state index in [0.29, 0.717) is 0 Å². The molecule has 0 saturated carbocycles. The molecule has 0 aliphatic heterocycles. The van der Waals surface area contributed by atoms with Gasteiger partial charge in [0.1, 0.15) is 6.61 Å². The smallest absolute Gasteiger partial charge is 0.411 e. The van der Waals surface area contributed by atoms with Gasteiger partial charge < -0.3 is 4.74 Å². The number of carbonyl (C=O) groups excluding carboxylic acids is 1. The summed E-state index contributed by atoms with van der Waals surface area (Å²) in [5.74, 6) is 0. The van der Waals surface area contributed by atoms with Crippen LogP contribution in [0.5, 0.6) is 0 Å². The predicted molar refractivity (Wildman–Crippen MR) is 76.1 cm³/mol. The molecule has 0 bridgehead atoms. The van der Waals surface area contributed by atoms with Crippen LogP contribution in [0.15, 0.2) is 54.6 Å². The van der Waals surface area contributed by atoms with E-state index in [4.69, 9.17) is 4.74 Å². The summed E-state index contributed by atoms with van der Waals surface area (Å²) in [5, 5.41) is 2.70. The number of benzene rings is 2. The number of nitrogens with one attached hydrogen (secondary N) is 1. The van der Waals surface area contributed by atoms with Crippen LogP contribution in [0.1, 0.15) is 18.1 Å². The minimum atomic E-state index is -0.437. The van der Waals surface area contributed by atoms with Crippen molar-refractivity contribution < 1.29 is 9.53 Å². The molecule has 19 heavy (non-hydrogen) atoms. The van der Waals surface area contributed by atoms with E-state index in [0.717, 1.165) is 17.7 Å². The Balaban J connectivity index is 1.83. The number of ether oxygens (including phenoxy) is 1. The van der Waals surface area contributed by atoms with Crippen LogP contribution in [0.25, 0.3) is 0 Å². The van der Waals surface area contributed by atoms with Gasteiger partial charge in [0.2, 0.25) is 0 Å². The van der Waals surface area contributed by atoms with E-state index >= 15 is 0 Å². The molecule has 2 rings (SSSR count). The Hall–Kier alpha value is -2.29. The Bertz CT molecular complexity index is 520. The first kappa shape index (κ1) is 13.1. The number of rotatable bonds is 4. The largest absolute Gasteiger partial charge is 0.444 e. The van der Waals surface area contributed by atoms with Gasteiger partial charge in [-0.25, -0.2) is 4.79 Å². The molecule has 0 radical (unpaired) electrons. The zero-order valence-electron chi connectivity index (χ0n) is 10.9. The fraction of sp³-hybridized carbons (Fsp3) is 0.188. The molecule has 1 N–H and O–H groups in total. The van der Waals surface area contributed by atoms with Gasteiger partial charge in [-0.2, -0.15) is 0 Å². The average Bonchev–Trinajstić information content (AvgIpc) is 2.47. The molecule has 0 spiro atoms. The second-order valence-electron chi connectivity index (χ2n) is 4.24. The summed E-state index contributed by atoms with van der Waals surface area (Å²) in [5.41, 5.74) is 2.96. The molecule has 0 saturated heterocycles. The van der Waals surface area contributed by atoms with Crippen LogP contribution in [0.2, 0.25) is 0 Å². The highest BCUT2D eigenvalue weighted by Gasteiger charge is 2.03. The van der Waals surface area contributed by atoms with Gasteiger partial charge in [0.25, 0.3) is 0 Å². The topological polar surface area (TPSA) is 38.3 Å². The molecule has 1 amide bonds. The van der Waals surface area contributed by atoms with E-state index in [1.807, 2.05) is 54.6 Å². The first-order chi connectivity index (χ1) is 9.28. The number of aryl methyl sites for hydroxylation is 1. The van der Waals surface area contributed by atoms with Gasteiger partial charge in [-0.15, -0.1) is 0 Å². The molecule has 3 heteroatoms. The lowest BCUT2D eigenvalue weighted by atomic mass is 10.1. The first-order valence-corrected chi connectivity index (χ1v) is 6.34. The maximum atomic E-state index is 11.6. The summed E-state index contributed by atoms with van der Waals surface area (Å²) < 4.78 is 5.14. The summed E-state index contributed by atoms with van der Waals surface area (Å²) in [7, 11) is 0. The zero-order chi connectivity index (χ0) is 13.5. The molecule has 2 aromatic carbocycles. The van der Waals surface area contributed by atoms with Gasteiger partial charge in [0.15, 0.2) is 0 Å². The minimum absolute atomic E-state index is 0.277. The predicted octanol–water partition coefficient (Wildman–Crippen LogP) is 4.00. The standard InChI is InChI=1S/C16H17NO2/c1-2-13-8-10-15(11-9-13)17-16(18)19-12-14-6-4-3-5-7-14/h3-11H,2,12H2,1H3,(H,17,18). The van der Waals surface area contributed by atoms with Crippen molar-refractivity contribution in [1.82, 2.24) is 0 Å². The van der Waals surface area contributed by atoms with Crippen LogP contribution in [0.4, 0.5) is 10.5 Å². The fourth-order valence-electron chi connectivity index (χ4n) is 1.70. The van der Waals surface area contributed by atoms with Crippen LogP contribution in [0.3, 0.4) is 0 Å². The van der Waals surface area contributed by atoms with Crippen molar-refractivity contribution in [3.05, 3.63) is 65.7 Å². The van der Waals surface area contributed by atoms with E-state index in [2.05, 4.69) is 12.2 Å². The maximum absolute atomic E-state index is 11.6. The summed E-state index contributed by atoms with van der Waals surface area (Å²) in [6.45, 7) is 2.37. The SMILES string of the molecule is CCc1ccc(NC(=O)OCc2ccccc2)cc1. The molecule has 0 unspecified atom stereocenters. The van der Waals surface area contributed by atoms with Crippen LogP contribution in [-0.4, -0.2) is 6.09 Å². The van der Waals surface area contributed by atoms with Gasteiger partial charge in [0.05, 0.1) is 0 Å². The third-order valence-corrected chi connectivity index (χ3v) is 2.82. The third-order valence-electron chi connectivity index (χ3n) is 2.82. The van der Waals surface area contributed by atoms with Crippen molar-refractivity contribution in [2.75, 3.05) is 5.32 Å². The summed E-state index contributed by atoms with van der Waals surface area (Å²) >= 11 is 0. The molecule has 3 nitrogen and oxygen atoms in total. The molecule has 0 aromatic heterocycles. The Labute approximate surface area is 113 Å². The number of amides is 1. The van der Waals surface area contributed by atoms with Crippen LogP contribution >= 0.6 is 0 Å². The van der Waals surface area contributed by atoms with Gasteiger partial charge >= 0.3 is 6.09 Å². The summed E-state index contributed by atoms with van der Waals surface area (Å²) in [6, 6.07) is 17.3. The molecule has 0 aliphatic carbocycles. The highest BCUT2D eigenvalue weighted by molar-refractivity contribution is 5.84. The minimum Gasteiger partial charge on any atom is -0.444 e. The zero-order valence-corrected chi connectivity index (χ0v) is 10.9. The molecule has 0 fully saturated rings. The van der Waals surface area contributed by atoms with Crippen LogP contribution in [-0.2, 0) is 17.8 Å². The second kappa shape index (κ2) is 6.59. The van der Waals surface area contributed by atoms with Crippen LogP contribution < -0.4 is 5.32 Å². The normalized spacial score (nSPS) is 9.95. The maximum Gasteiger partial charge on any atom is 0.411 e. The van der Waals surface area contributed by atoms with Crippen molar-refractivity contribution in [3.63, 3.8) is 0 Å². The lowest BCUT2D eigenvalue weighted by molar-refractivity contribution is 0.155. The fourth-order valence-corrected chi connectivity index (χ4v) is 1.70. The quantitative estimate of drug-likeness (QED) is 0.896. The highest BCUT2D eigenvalue weighted by atomic mass is 16.5. The molecule has 0 aliphatic rings. The van der Waals surface area contributed by atoms with Crippen molar-refractivity contribution >= 4 is 11.8 Å². The monoisotopic (exact) mass is 255 g/mol. The Morgan fingerprint density at radius 1 is 1.00 bits per heavy atom. The van der Waals surface area contributed by atoms with Crippen molar-refractivity contribution in [1.29, 1.82) is 0 Å². The number of carbonyl (C=O) groups is 1. The second-order valence-corrected chi connectivity index (χ2v) is 4.24. The van der Waals surface area contributed by atoms with Gasteiger partial charge in [0, 0.05) is 5.69 Å². The molecule has 0 heterocycles. The Morgan fingerprint density at radius 3 is 2.32 bits per heavy atom. The molecule has 98 valence electrons. The number of hydrogen-bond donors (Lipinski definition) is 1. The van der Waals surface area contributed by atoms with Crippen molar-refractivity contribution in [3.8, 4) is 0 Å². The summed E-state index contributed by atoms with van der Waals surface area (Å²) in [6.07, 6.45) is 0.548. The van der Waals surface area contributed by atoms with Crippen LogP contribution in [0, 0.1) is 0 Å². The van der Waals surface area contributed by atoms with E-state index in [9.17, 15) is 4.79 Å². The average molecular weight is 255 g/mol. The van der Waals surface area contributed by atoms with E-state index in [1.165, 1.54) is 5.56 Å². The van der Waals surface area contributed by atoms with E-state index < -0.39 is 6.09 Å². The van der Waals surface area contributed by atoms with Gasteiger partial charge in [-0.05, 0) is 29.7 Å². The van der Waals surface area contributed by atoms with Gasteiger partial charge in [-0.3, -0.25) is 5.32 Å². The lowest BCUT2D eigenvalue weighted by Crippen LogP contribution is -2.13. The Morgan fingerprint density at radius 2 is 1.68 bits per heavy atom. The Kier molecular flexibility index (Phi) is 4.56. The molecule has 0 atom stereocenters. The van der Waals surface area contributed by atoms with Gasteiger partial charge in [-0.1, -0.05) is 49.4 Å². The number of hydrogen-bond acceptors (Lipinski definition) is 2. The highest BCUT2D eigenvalue weighted by Crippen LogP contribution is 2.10. The molecular weight excluding hydrogens is 238 g/mol. The summed E-state index contributed by atoms with van der Waals surface area (Å²) in [4.78, 5) is 11.6. The first-order valence-electron chi connectivity index (χ1n) is 6.34.